The third-order valence-corrected chi connectivity index (χ3v) is 6.81. The van der Waals surface area contributed by atoms with Gasteiger partial charge in [-0.25, -0.2) is 0 Å². The number of hydrogen-bond acceptors (Lipinski definition) is 2. The van der Waals surface area contributed by atoms with E-state index in [-0.39, 0.29) is 10.3 Å². The van der Waals surface area contributed by atoms with E-state index >= 15 is 0 Å². The maximum absolute atomic E-state index is 3.66. The van der Waals surface area contributed by atoms with E-state index in [0.29, 0.717) is 6.04 Å². The van der Waals surface area contributed by atoms with Gasteiger partial charge in [0, 0.05) is 24.4 Å². The van der Waals surface area contributed by atoms with Gasteiger partial charge >= 0.3 is 0 Å². The van der Waals surface area contributed by atoms with Crippen LogP contribution in [0.25, 0.3) is 0 Å². The number of anilines is 2. The molecule has 2 nitrogen and oxygen atoms in total. The summed E-state index contributed by atoms with van der Waals surface area (Å²) in [4.78, 5) is 2.28. The second kappa shape index (κ2) is 5.47. The number of rotatable bonds is 2. The summed E-state index contributed by atoms with van der Waals surface area (Å²) >= 11 is 0. The van der Waals surface area contributed by atoms with Gasteiger partial charge in [0.25, 0.3) is 0 Å². The molecule has 0 aliphatic carbocycles. The second-order valence-electron chi connectivity index (χ2n) is 8.02. The normalized spacial score (nSPS) is 16.1. The average molecular weight is 304 g/mol. The fourth-order valence-electron chi connectivity index (χ4n) is 3.21. The highest BCUT2D eigenvalue weighted by atomic mass is 31.1. The lowest BCUT2D eigenvalue weighted by Gasteiger charge is -2.46. The maximum atomic E-state index is 3.66. The SMILES string of the molecule is CC(C)N1[C]N(P(C(C)(C)C)C(C)(C)C)c2ccccc21. The van der Waals surface area contributed by atoms with Crippen LogP contribution in [0.1, 0.15) is 55.4 Å². The third-order valence-electron chi connectivity index (χ3n) is 3.56. The summed E-state index contributed by atoms with van der Waals surface area (Å²) < 4.78 is 2.44. The molecule has 0 fully saturated rings. The lowest BCUT2D eigenvalue weighted by Crippen LogP contribution is -2.37. The minimum absolute atomic E-state index is 0.237. The van der Waals surface area contributed by atoms with Crippen molar-refractivity contribution in [2.45, 2.75) is 71.7 Å². The van der Waals surface area contributed by atoms with E-state index in [2.05, 4.69) is 95.9 Å². The van der Waals surface area contributed by atoms with Crippen LogP contribution < -0.4 is 9.57 Å². The number of para-hydroxylation sites is 2. The smallest absolute Gasteiger partial charge is 0.212 e. The molecule has 2 rings (SSSR count). The molecule has 1 heterocycles. The Labute approximate surface area is 132 Å². The van der Waals surface area contributed by atoms with Crippen LogP contribution in [0.3, 0.4) is 0 Å². The number of nitrogens with zero attached hydrogens (tertiary/aromatic N) is 2. The molecule has 2 radical (unpaired) electrons. The van der Waals surface area contributed by atoms with Crippen molar-refractivity contribution in [3.05, 3.63) is 30.9 Å². The summed E-state index contributed by atoms with van der Waals surface area (Å²) in [6.45, 7) is 22.2. The molecule has 21 heavy (non-hydrogen) atoms. The summed E-state index contributed by atoms with van der Waals surface area (Å²) in [5.74, 6) is 0. The highest BCUT2D eigenvalue weighted by Gasteiger charge is 2.44. The molecule has 1 aromatic rings. The first-order valence-electron chi connectivity index (χ1n) is 7.78. The van der Waals surface area contributed by atoms with Crippen molar-refractivity contribution in [2.75, 3.05) is 9.57 Å². The van der Waals surface area contributed by atoms with Crippen LogP contribution in [-0.2, 0) is 0 Å². The fourth-order valence-corrected chi connectivity index (χ4v) is 6.99. The Morgan fingerprint density at radius 2 is 1.38 bits per heavy atom. The minimum Gasteiger partial charge on any atom is -0.337 e. The first-order chi connectivity index (χ1) is 9.53. The Hall–Kier alpha value is -0.750. The summed E-state index contributed by atoms with van der Waals surface area (Å²) in [6, 6.07) is 9.12. The van der Waals surface area contributed by atoms with Gasteiger partial charge in [-0.3, -0.25) is 0 Å². The third kappa shape index (κ3) is 3.21. The number of benzene rings is 1. The van der Waals surface area contributed by atoms with Gasteiger partial charge in [0.05, 0.1) is 11.4 Å². The Morgan fingerprint density at radius 3 is 1.81 bits per heavy atom. The monoisotopic (exact) mass is 304 g/mol. The van der Waals surface area contributed by atoms with Crippen molar-refractivity contribution in [3.63, 3.8) is 0 Å². The average Bonchev–Trinajstić information content (AvgIpc) is 2.65. The molecule has 0 bridgehead atoms. The van der Waals surface area contributed by atoms with E-state index in [1.165, 1.54) is 11.4 Å². The van der Waals surface area contributed by atoms with Gasteiger partial charge in [-0.15, -0.1) is 0 Å². The van der Waals surface area contributed by atoms with E-state index in [1.54, 1.807) is 0 Å². The fraction of sp³-hybridized carbons (Fsp3) is 0.611. The van der Waals surface area contributed by atoms with E-state index in [1.807, 2.05) is 0 Å². The molecule has 0 N–H and O–H groups in total. The van der Waals surface area contributed by atoms with Crippen LogP contribution in [0.5, 0.6) is 0 Å². The topological polar surface area (TPSA) is 6.48 Å². The molecule has 1 aliphatic heterocycles. The molecule has 116 valence electrons. The zero-order valence-electron chi connectivity index (χ0n) is 14.7. The van der Waals surface area contributed by atoms with Crippen molar-refractivity contribution in [2.24, 2.45) is 0 Å². The molecular formula is C18H29N2P. The highest BCUT2D eigenvalue weighted by Crippen LogP contribution is 2.66. The van der Waals surface area contributed by atoms with Crippen LogP contribution in [-0.4, -0.2) is 16.4 Å². The van der Waals surface area contributed by atoms with E-state index in [9.17, 15) is 0 Å². The predicted molar refractivity (Wildman–Crippen MR) is 96.2 cm³/mol. The van der Waals surface area contributed by atoms with Gasteiger partial charge < -0.3 is 9.57 Å². The maximum Gasteiger partial charge on any atom is 0.212 e. The van der Waals surface area contributed by atoms with E-state index in [0.717, 1.165) is 0 Å². The molecule has 1 aromatic carbocycles. The zero-order chi connectivity index (χ0) is 16.0. The molecule has 0 atom stereocenters. The van der Waals surface area contributed by atoms with Crippen molar-refractivity contribution in [1.82, 2.24) is 0 Å². The quantitative estimate of drug-likeness (QED) is 0.645. The molecule has 0 saturated heterocycles. The van der Waals surface area contributed by atoms with Crippen molar-refractivity contribution in [3.8, 4) is 0 Å². The summed E-state index contributed by atoms with van der Waals surface area (Å²) in [5.41, 5.74) is 2.59. The van der Waals surface area contributed by atoms with Crippen molar-refractivity contribution in [1.29, 1.82) is 0 Å². The van der Waals surface area contributed by atoms with Crippen molar-refractivity contribution >= 4 is 19.4 Å². The Balaban J connectivity index is 2.49. The minimum atomic E-state index is -0.401. The second-order valence-corrected chi connectivity index (χ2v) is 11.7. The Bertz CT molecular complexity index is 483. The van der Waals surface area contributed by atoms with Gasteiger partial charge in [0.15, 0.2) is 0 Å². The first-order valence-corrected chi connectivity index (χ1v) is 9.08. The van der Waals surface area contributed by atoms with Gasteiger partial charge in [-0.05, 0) is 26.0 Å². The molecule has 0 amide bonds. The van der Waals surface area contributed by atoms with Crippen LogP contribution >= 0.6 is 8.07 Å². The number of fused-ring (bicyclic) bond motifs is 1. The number of hydrogen-bond donors (Lipinski definition) is 0. The highest BCUT2D eigenvalue weighted by molar-refractivity contribution is 7.62. The van der Waals surface area contributed by atoms with E-state index < -0.39 is 8.07 Å². The molecular weight excluding hydrogens is 275 g/mol. The lowest BCUT2D eigenvalue weighted by molar-refractivity contribution is 0.697. The molecule has 1 aliphatic rings. The van der Waals surface area contributed by atoms with Gasteiger partial charge in [0.2, 0.25) is 6.67 Å². The summed E-state index contributed by atoms with van der Waals surface area (Å²) in [6.07, 6.45) is 0. The van der Waals surface area contributed by atoms with Crippen LogP contribution in [0.15, 0.2) is 24.3 Å². The summed E-state index contributed by atoms with van der Waals surface area (Å²) in [5, 5.41) is 0.474. The standard InChI is InChI=1S/C18H29N2P/c1-14(2)19-13-20(16-12-10-9-11-15(16)19)21(17(3,4)5)18(6,7)8/h9-12,14H,1-8H3. The van der Waals surface area contributed by atoms with Crippen LogP contribution in [0.2, 0.25) is 0 Å². The van der Waals surface area contributed by atoms with Gasteiger partial charge in [-0.1, -0.05) is 53.7 Å². The predicted octanol–water partition coefficient (Wildman–Crippen LogP) is 5.71. The largest absolute Gasteiger partial charge is 0.337 e. The zero-order valence-corrected chi connectivity index (χ0v) is 15.6. The Morgan fingerprint density at radius 1 is 0.905 bits per heavy atom. The molecule has 0 spiro atoms. The van der Waals surface area contributed by atoms with E-state index in [4.69, 9.17) is 0 Å². The molecule has 0 aromatic heterocycles. The Kier molecular flexibility index (Phi) is 4.32. The molecule has 3 heteroatoms. The van der Waals surface area contributed by atoms with Crippen LogP contribution in [0, 0.1) is 6.67 Å². The van der Waals surface area contributed by atoms with Gasteiger partial charge in [-0.2, -0.15) is 0 Å². The molecule has 0 saturated carbocycles. The molecule has 0 unspecified atom stereocenters. The lowest BCUT2D eigenvalue weighted by atomic mass is 10.2. The summed E-state index contributed by atoms with van der Waals surface area (Å²) in [7, 11) is -0.401. The van der Waals surface area contributed by atoms with Crippen molar-refractivity contribution < 1.29 is 0 Å². The first kappa shape index (κ1) is 16.6. The van der Waals surface area contributed by atoms with Gasteiger partial charge in [0.1, 0.15) is 0 Å². The van der Waals surface area contributed by atoms with Crippen LogP contribution in [0.4, 0.5) is 11.4 Å².